The summed E-state index contributed by atoms with van der Waals surface area (Å²) in [5.74, 6) is 0.899. The third-order valence-electron chi connectivity index (χ3n) is 6.81. The lowest BCUT2D eigenvalue weighted by molar-refractivity contribution is -0.0127. The summed E-state index contributed by atoms with van der Waals surface area (Å²) < 4.78 is 38.6. The second kappa shape index (κ2) is 19.7. The number of alkyl carbamates (subject to hydrolysis) is 1. The SMILES string of the molecule is O=C(NCCCOCCOCCOCCOCCOCCOc1ccccc1)OCC1c2ccccc2-c2ccccc21. The van der Waals surface area contributed by atoms with E-state index >= 15 is 0 Å². The van der Waals surface area contributed by atoms with Crippen molar-refractivity contribution in [1.29, 1.82) is 0 Å². The Morgan fingerprint density at radius 2 is 1.02 bits per heavy atom. The Kier molecular flexibility index (Phi) is 14.8. The molecule has 1 amide bonds. The van der Waals surface area contributed by atoms with Crippen LogP contribution in [-0.4, -0.2) is 91.9 Å². The molecule has 1 aliphatic rings. The molecule has 232 valence electrons. The van der Waals surface area contributed by atoms with Crippen molar-refractivity contribution in [2.24, 2.45) is 0 Å². The Hall–Kier alpha value is -3.47. The van der Waals surface area contributed by atoms with Gasteiger partial charge in [-0.05, 0) is 40.8 Å². The molecule has 0 heterocycles. The number of hydrogen-bond acceptors (Lipinski definition) is 8. The molecule has 1 N–H and O–H groups in total. The largest absolute Gasteiger partial charge is 0.491 e. The molecule has 43 heavy (non-hydrogen) atoms. The smallest absolute Gasteiger partial charge is 0.407 e. The van der Waals surface area contributed by atoms with Crippen molar-refractivity contribution < 1.29 is 38.0 Å². The first-order valence-electron chi connectivity index (χ1n) is 15.0. The average molecular weight is 594 g/mol. The number of hydrogen-bond donors (Lipinski definition) is 1. The van der Waals surface area contributed by atoms with Crippen LogP contribution in [0.2, 0.25) is 0 Å². The van der Waals surface area contributed by atoms with Crippen LogP contribution in [0.3, 0.4) is 0 Å². The molecule has 1 aliphatic carbocycles. The van der Waals surface area contributed by atoms with Gasteiger partial charge in [-0.1, -0.05) is 66.7 Å². The molecule has 0 radical (unpaired) electrons. The second-order valence-electron chi connectivity index (χ2n) is 9.83. The molecule has 0 atom stereocenters. The number of amides is 1. The molecule has 3 aromatic carbocycles. The quantitative estimate of drug-likeness (QED) is 0.161. The zero-order valence-corrected chi connectivity index (χ0v) is 24.7. The van der Waals surface area contributed by atoms with E-state index in [1.807, 2.05) is 54.6 Å². The molecular weight excluding hydrogens is 550 g/mol. The Balaban J connectivity index is 0.880. The fourth-order valence-electron chi connectivity index (χ4n) is 4.73. The highest BCUT2D eigenvalue weighted by Crippen LogP contribution is 2.44. The predicted molar refractivity (Wildman–Crippen MR) is 164 cm³/mol. The third kappa shape index (κ3) is 11.6. The lowest BCUT2D eigenvalue weighted by atomic mass is 9.98. The van der Waals surface area contributed by atoms with Gasteiger partial charge >= 0.3 is 6.09 Å². The highest BCUT2D eigenvalue weighted by molar-refractivity contribution is 5.79. The molecule has 0 bridgehead atoms. The van der Waals surface area contributed by atoms with Crippen LogP contribution in [0.15, 0.2) is 78.9 Å². The lowest BCUT2D eigenvalue weighted by Gasteiger charge is -2.14. The van der Waals surface area contributed by atoms with Crippen molar-refractivity contribution in [1.82, 2.24) is 5.32 Å². The fraction of sp³-hybridized carbons (Fsp3) is 0.441. The Bertz CT molecular complexity index is 1150. The number of carbonyl (C=O) groups excluding carboxylic acids is 1. The van der Waals surface area contributed by atoms with Gasteiger partial charge < -0.3 is 38.5 Å². The van der Waals surface area contributed by atoms with Crippen LogP contribution in [0.1, 0.15) is 23.5 Å². The van der Waals surface area contributed by atoms with Crippen LogP contribution in [0.4, 0.5) is 4.79 Å². The first-order valence-corrected chi connectivity index (χ1v) is 15.0. The summed E-state index contributed by atoms with van der Waals surface area (Å²) in [5, 5.41) is 2.80. The number of fused-ring (bicyclic) bond motifs is 3. The van der Waals surface area contributed by atoms with Crippen LogP contribution < -0.4 is 10.1 Å². The monoisotopic (exact) mass is 593 g/mol. The number of para-hydroxylation sites is 1. The van der Waals surface area contributed by atoms with Crippen molar-refractivity contribution in [2.75, 3.05) is 85.8 Å². The summed E-state index contributed by atoms with van der Waals surface area (Å²) in [7, 11) is 0. The Labute approximate surface area is 254 Å². The van der Waals surface area contributed by atoms with Crippen molar-refractivity contribution in [2.45, 2.75) is 12.3 Å². The van der Waals surface area contributed by atoms with E-state index in [1.165, 1.54) is 22.3 Å². The van der Waals surface area contributed by atoms with Gasteiger partial charge in [0.15, 0.2) is 0 Å². The zero-order valence-electron chi connectivity index (χ0n) is 24.7. The lowest BCUT2D eigenvalue weighted by Crippen LogP contribution is -2.27. The maximum Gasteiger partial charge on any atom is 0.407 e. The van der Waals surface area contributed by atoms with Gasteiger partial charge in [0, 0.05) is 19.1 Å². The van der Waals surface area contributed by atoms with Crippen LogP contribution in [-0.2, 0) is 28.4 Å². The topological polar surface area (TPSA) is 93.7 Å². The zero-order chi connectivity index (χ0) is 29.8. The number of rotatable bonds is 22. The van der Waals surface area contributed by atoms with Crippen molar-refractivity contribution in [3.8, 4) is 16.9 Å². The molecule has 0 aromatic heterocycles. The van der Waals surface area contributed by atoms with Crippen molar-refractivity contribution >= 4 is 6.09 Å². The highest BCUT2D eigenvalue weighted by Gasteiger charge is 2.28. The molecule has 4 rings (SSSR count). The van der Waals surface area contributed by atoms with Crippen LogP contribution >= 0.6 is 0 Å². The summed E-state index contributed by atoms with van der Waals surface area (Å²) in [4.78, 5) is 12.2. The van der Waals surface area contributed by atoms with E-state index in [4.69, 9.17) is 33.2 Å². The molecule has 0 unspecified atom stereocenters. The summed E-state index contributed by atoms with van der Waals surface area (Å²) in [6.45, 7) is 6.40. The van der Waals surface area contributed by atoms with Gasteiger partial charge in [-0.15, -0.1) is 0 Å². The number of nitrogens with one attached hydrogen (secondary N) is 1. The van der Waals surface area contributed by atoms with E-state index < -0.39 is 6.09 Å². The number of ether oxygens (including phenoxy) is 7. The number of carbonyl (C=O) groups is 1. The molecule has 9 heteroatoms. The molecule has 0 fully saturated rings. The minimum atomic E-state index is -0.409. The standard InChI is InChI=1S/C34H43NO8/c36-34(43-27-33-31-13-6-4-11-29(31)30-12-5-7-14-32(30)33)35-15-8-16-37-17-18-38-19-20-39-21-22-40-23-24-41-25-26-42-28-9-2-1-3-10-28/h1-7,9-14,33H,8,15-27H2,(H,35,36). The normalized spacial score (nSPS) is 12.1. The molecule has 0 saturated heterocycles. The van der Waals surface area contributed by atoms with E-state index in [9.17, 15) is 4.79 Å². The second-order valence-corrected chi connectivity index (χ2v) is 9.83. The summed E-state index contributed by atoms with van der Waals surface area (Å²) in [6.07, 6.45) is 0.286. The van der Waals surface area contributed by atoms with Gasteiger partial charge in [-0.3, -0.25) is 0 Å². The van der Waals surface area contributed by atoms with Gasteiger partial charge in [0.05, 0.1) is 59.5 Å². The fourth-order valence-corrected chi connectivity index (χ4v) is 4.73. The predicted octanol–water partition coefficient (Wildman–Crippen LogP) is 5.08. The van der Waals surface area contributed by atoms with Gasteiger partial charge in [-0.2, -0.15) is 0 Å². The maximum absolute atomic E-state index is 12.2. The molecule has 9 nitrogen and oxygen atoms in total. The highest BCUT2D eigenvalue weighted by atomic mass is 16.6. The van der Waals surface area contributed by atoms with Crippen molar-refractivity contribution in [3.05, 3.63) is 90.0 Å². The van der Waals surface area contributed by atoms with Crippen LogP contribution in [0.25, 0.3) is 11.1 Å². The van der Waals surface area contributed by atoms with Crippen LogP contribution in [0.5, 0.6) is 5.75 Å². The van der Waals surface area contributed by atoms with Gasteiger partial charge in [0.1, 0.15) is 19.0 Å². The maximum atomic E-state index is 12.2. The molecular formula is C34H43NO8. The van der Waals surface area contributed by atoms with E-state index in [-0.39, 0.29) is 5.92 Å². The van der Waals surface area contributed by atoms with Crippen LogP contribution in [0, 0.1) is 0 Å². The summed E-state index contributed by atoms with van der Waals surface area (Å²) in [6, 6.07) is 26.3. The summed E-state index contributed by atoms with van der Waals surface area (Å²) >= 11 is 0. The van der Waals surface area contributed by atoms with E-state index in [2.05, 4.69) is 29.6 Å². The third-order valence-corrected chi connectivity index (χ3v) is 6.81. The molecule has 0 aliphatic heterocycles. The Morgan fingerprint density at radius 3 is 1.58 bits per heavy atom. The van der Waals surface area contributed by atoms with Gasteiger partial charge in [0.25, 0.3) is 0 Å². The van der Waals surface area contributed by atoms with E-state index in [1.54, 1.807) is 0 Å². The van der Waals surface area contributed by atoms with Gasteiger partial charge in [-0.25, -0.2) is 4.79 Å². The summed E-state index contributed by atoms with van der Waals surface area (Å²) in [5.41, 5.74) is 4.83. The van der Waals surface area contributed by atoms with E-state index in [0.717, 1.165) is 5.75 Å². The Morgan fingerprint density at radius 1 is 0.558 bits per heavy atom. The molecule has 0 saturated carbocycles. The minimum Gasteiger partial charge on any atom is -0.491 e. The number of benzene rings is 3. The van der Waals surface area contributed by atoms with Gasteiger partial charge in [0.2, 0.25) is 0 Å². The van der Waals surface area contributed by atoms with Crippen molar-refractivity contribution in [3.63, 3.8) is 0 Å². The first kappa shape index (κ1) is 32.4. The first-order chi connectivity index (χ1) is 21.3. The average Bonchev–Trinajstić information content (AvgIpc) is 3.37. The van der Waals surface area contributed by atoms with E-state index in [0.29, 0.717) is 92.2 Å². The minimum absolute atomic E-state index is 0.0576. The molecule has 0 spiro atoms. The molecule has 3 aromatic rings.